The Balaban J connectivity index is 4.62. The van der Waals surface area contributed by atoms with Crippen molar-refractivity contribution in [3.8, 4) is 0 Å². The number of rotatable bonds is 6. The first-order chi connectivity index (χ1) is 7.14. The maximum atomic E-state index is 11.3. The lowest BCUT2D eigenvalue weighted by Gasteiger charge is -2.31. The second-order valence-electron chi connectivity index (χ2n) is 3.49. The normalized spacial score (nSPS) is 12.4. The van der Waals surface area contributed by atoms with E-state index in [0.29, 0.717) is 6.42 Å². The Bertz CT molecular complexity index is 274. The molecule has 0 saturated carbocycles. The van der Waals surface area contributed by atoms with Crippen LogP contribution in [0.1, 0.15) is 33.1 Å². The summed E-state index contributed by atoms with van der Waals surface area (Å²) in [5.74, 6) is -0.729. The smallest absolute Gasteiger partial charge is 0.335 e. The van der Waals surface area contributed by atoms with Gasteiger partial charge in [-0.05, 0) is 13.3 Å². The lowest BCUT2D eigenvalue weighted by atomic mass is 10.2. The van der Waals surface area contributed by atoms with Crippen molar-refractivity contribution < 1.29 is 9.53 Å². The monoisotopic (exact) mass is 306 g/mol. The largest absolute Gasteiger partial charge is 0.422 e. The van der Waals surface area contributed by atoms with E-state index in [2.05, 4.69) is 6.58 Å². The van der Waals surface area contributed by atoms with Gasteiger partial charge in [0, 0.05) is 5.57 Å². The highest BCUT2D eigenvalue weighted by Crippen LogP contribution is 2.47. The molecule has 0 bridgehead atoms. The standard InChI is InChI=1S/C10H14Cl4O2/c1-4-5-6-9(11,12)10(13,14)16-8(15)7(2)3/h2,4-6H2,1,3H3. The van der Waals surface area contributed by atoms with E-state index >= 15 is 0 Å². The molecule has 0 radical (unpaired) electrons. The highest BCUT2D eigenvalue weighted by molar-refractivity contribution is 6.61. The zero-order valence-corrected chi connectivity index (χ0v) is 12.2. The summed E-state index contributed by atoms with van der Waals surface area (Å²) in [6.45, 7) is 6.85. The van der Waals surface area contributed by atoms with Gasteiger partial charge < -0.3 is 4.74 Å². The summed E-state index contributed by atoms with van der Waals surface area (Å²) < 4.78 is 1.26. The summed E-state index contributed by atoms with van der Waals surface area (Å²) in [4.78, 5) is 11.3. The number of carbonyl (C=O) groups is 1. The van der Waals surface area contributed by atoms with Crippen LogP contribution in [0.4, 0.5) is 0 Å². The van der Waals surface area contributed by atoms with Crippen LogP contribution in [0.15, 0.2) is 12.2 Å². The first-order valence-corrected chi connectivity index (χ1v) is 6.29. The maximum absolute atomic E-state index is 11.3. The van der Waals surface area contributed by atoms with Crippen LogP contribution in [0.25, 0.3) is 0 Å². The van der Waals surface area contributed by atoms with Crippen LogP contribution in [-0.2, 0) is 9.53 Å². The van der Waals surface area contributed by atoms with Crippen molar-refractivity contribution in [1.29, 1.82) is 0 Å². The number of ether oxygens (including phenoxy) is 1. The van der Waals surface area contributed by atoms with E-state index in [1.54, 1.807) is 0 Å². The van der Waals surface area contributed by atoms with Gasteiger partial charge in [0.2, 0.25) is 0 Å². The van der Waals surface area contributed by atoms with Crippen LogP contribution in [-0.4, -0.2) is 14.8 Å². The summed E-state index contributed by atoms with van der Waals surface area (Å²) in [7, 11) is 0. The van der Waals surface area contributed by atoms with Gasteiger partial charge in [0.25, 0.3) is 4.52 Å². The third-order valence-corrected chi connectivity index (χ3v) is 3.94. The predicted molar refractivity (Wildman–Crippen MR) is 69.3 cm³/mol. The second-order valence-corrected chi connectivity index (χ2v) is 6.24. The van der Waals surface area contributed by atoms with E-state index in [4.69, 9.17) is 51.1 Å². The van der Waals surface area contributed by atoms with Crippen molar-refractivity contribution in [2.24, 2.45) is 0 Å². The average Bonchev–Trinajstić information content (AvgIpc) is 2.13. The van der Waals surface area contributed by atoms with Crippen molar-refractivity contribution in [1.82, 2.24) is 0 Å². The molecule has 0 heterocycles. The van der Waals surface area contributed by atoms with Crippen molar-refractivity contribution in [3.63, 3.8) is 0 Å². The van der Waals surface area contributed by atoms with E-state index in [0.717, 1.165) is 12.8 Å². The van der Waals surface area contributed by atoms with Crippen molar-refractivity contribution in [3.05, 3.63) is 12.2 Å². The molecule has 94 valence electrons. The lowest BCUT2D eigenvalue weighted by molar-refractivity contribution is -0.143. The Morgan fingerprint density at radius 1 is 1.31 bits per heavy atom. The molecule has 0 amide bonds. The number of carbonyl (C=O) groups excluding carboxylic acids is 1. The molecule has 0 N–H and O–H groups in total. The second kappa shape index (κ2) is 6.34. The van der Waals surface area contributed by atoms with Crippen LogP contribution in [0.3, 0.4) is 0 Å². The van der Waals surface area contributed by atoms with Crippen LogP contribution in [0.5, 0.6) is 0 Å². The van der Waals surface area contributed by atoms with E-state index in [1.807, 2.05) is 6.92 Å². The molecule has 0 atom stereocenters. The minimum Gasteiger partial charge on any atom is -0.422 e. The van der Waals surface area contributed by atoms with Gasteiger partial charge in [-0.25, -0.2) is 4.79 Å². The number of unbranched alkanes of at least 4 members (excludes halogenated alkanes) is 1. The van der Waals surface area contributed by atoms with Crippen LogP contribution in [0, 0.1) is 0 Å². The summed E-state index contributed by atoms with van der Waals surface area (Å²) in [5.41, 5.74) is 0.172. The minimum atomic E-state index is -1.98. The summed E-state index contributed by atoms with van der Waals surface area (Å²) in [6.07, 6.45) is 1.92. The SMILES string of the molecule is C=C(C)C(=O)OC(Cl)(Cl)C(Cl)(Cl)CCCC. The number of hydrogen-bond donors (Lipinski definition) is 0. The number of hydrogen-bond acceptors (Lipinski definition) is 2. The molecule has 0 unspecified atom stereocenters. The molecule has 16 heavy (non-hydrogen) atoms. The molecule has 0 spiro atoms. The van der Waals surface area contributed by atoms with Gasteiger partial charge >= 0.3 is 5.97 Å². The molecule has 0 aliphatic heterocycles. The Labute approximate surface area is 116 Å². The topological polar surface area (TPSA) is 26.3 Å². The molecule has 2 nitrogen and oxygen atoms in total. The average molecular weight is 308 g/mol. The fourth-order valence-electron chi connectivity index (χ4n) is 0.823. The number of esters is 1. The minimum absolute atomic E-state index is 0.172. The number of halogens is 4. The van der Waals surface area contributed by atoms with E-state index in [1.165, 1.54) is 6.92 Å². The van der Waals surface area contributed by atoms with Crippen LogP contribution < -0.4 is 0 Å². The molecule has 0 rings (SSSR count). The molecule has 0 fully saturated rings. The summed E-state index contributed by atoms with van der Waals surface area (Å²) in [5, 5.41) is 0. The summed E-state index contributed by atoms with van der Waals surface area (Å²) >= 11 is 23.5. The molecule has 0 aliphatic carbocycles. The molecule has 0 aliphatic rings. The van der Waals surface area contributed by atoms with E-state index in [9.17, 15) is 4.79 Å². The molecular formula is C10H14Cl4O2. The maximum Gasteiger partial charge on any atom is 0.335 e. The first kappa shape index (κ1) is 16.4. The molecule has 0 saturated heterocycles. The third-order valence-electron chi connectivity index (χ3n) is 1.84. The Morgan fingerprint density at radius 3 is 2.19 bits per heavy atom. The Hall–Kier alpha value is 0.370. The first-order valence-electron chi connectivity index (χ1n) is 4.78. The Morgan fingerprint density at radius 2 is 1.81 bits per heavy atom. The van der Waals surface area contributed by atoms with Crippen LogP contribution >= 0.6 is 46.4 Å². The third kappa shape index (κ3) is 4.70. The molecule has 0 aromatic heterocycles. The number of alkyl halides is 4. The highest BCUT2D eigenvalue weighted by Gasteiger charge is 2.50. The van der Waals surface area contributed by atoms with E-state index in [-0.39, 0.29) is 5.57 Å². The van der Waals surface area contributed by atoms with Crippen molar-refractivity contribution in [2.45, 2.75) is 42.0 Å². The van der Waals surface area contributed by atoms with Gasteiger partial charge in [-0.15, -0.1) is 0 Å². The van der Waals surface area contributed by atoms with Gasteiger partial charge in [0.1, 0.15) is 0 Å². The molecule has 6 heteroatoms. The fourth-order valence-corrected chi connectivity index (χ4v) is 1.50. The predicted octanol–water partition coefficient (Wildman–Crippen LogP) is 4.60. The summed E-state index contributed by atoms with van der Waals surface area (Å²) in [6, 6.07) is 0. The Kier molecular flexibility index (Phi) is 6.49. The molecular weight excluding hydrogens is 294 g/mol. The van der Waals surface area contributed by atoms with Crippen LogP contribution in [0.2, 0.25) is 0 Å². The highest BCUT2D eigenvalue weighted by atomic mass is 35.5. The zero-order valence-electron chi connectivity index (χ0n) is 9.16. The van der Waals surface area contributed by atoms with Gasteiger partial charge in [0.05, 0.1) is 0 Å². The fraction of sp³-hybridized carbons (Fsp3) is 0.700. The van der Waals surface area contributed by atoms with Gasteiger partial charge in [-0.2, -0.15) is 0 Å². The van der Waals surface area contributed by atoms with Gasteiger partial charge in [-0.3, -0.25) is 0 Å². The van der Waals surface area contributed by atoms with Gasteiger partial charge in [0.15, 0.2) is 4.33 Å². The molecule has 0 aromatic rings. The van der Waals surface area contributed by atoms with E-state index < -0.39 is 14.8 Å². The zero-order chi connectivity index (χ0) is 13.0. The molecule has 0 aromatic carbocycles. The lowest BCUT2D eigenvalue weighted by Crippen LogP contribution is -2.40. The quantitative estimate of drug-likeness (QED) is 0.407. The van der Waals surface area contributed by atoms with Crippen molar-refractivity contribution in [2.75, 3.05) is 0 Å². The van der Waals surface area contributed by atoms with Gasteiger partial charge in [-0.1, -0.05) is 72.7 Å². The van der Waals surface area contributed by atoms with Crippen molar-refractivity contribution >= 4 is 52.4 Å².